The summed E-state index contributed by atoms with van der Waals surface area (Å²) < 4.78 is 5.34. The van der Waals surface area contributed by atoms with Gasteiger partial charge in [0, 0.05) is 18.5 Å². The molecule has 2 rings (SSSR count). The van der Waals surface area contributed by atoms with Crippen molar-refractivity contribution < 1.29 is 4.42 Å². The maximum Gasteiger partial charge on any atom is 0.193 e. The number of rotatable bonds is 1. The fourth-order valence-electron chi connectivity index (χ4n) is 1.70. The predicted molar refractivity (Wildman–Crippen MR) is 48.5 cm³/mol. The fourth-order valence-corrected chi connectivity index (χ4v) is 1.85. The summed E-state index contributed by atoms with van der Waals surface area (Å²) in [6.45, 7) is 3.19. The molecule has 1 aliphatic rings. The number of halogens is 1. The Balaban J connectivity index is 2.11. The number of hydrogen-bond donors (Lipinski definition) is 1. The second-order valence-corrected chi connectivity index (χ2v) is 3.76. The Labute approximate surface area is 76.9 Å². The minimum atomic E-state index is 0.490. The van der Waals surface area contributed by atoms with Crippen LogP contribution >= 0.6 is 11.6 Å². The summed E-state index contributed by atoms with van der Waals surface area (Å²) in [5, 5.41) is 3.86. The van der Waals surface area contributed by atoms with Crippen LogP contribution in [0.5, 0.6) is 0 Å². The summed E-state index contributed by atoms with van der Waals surface area (Å²) >= 11 is 5.69. The monoisotopic (exact) mass is 185 g/mol. The molecule has 1 aromatic rings. The fraction of sp³-hybridized carbons (Fsp3) is 0.556. The van der Waals surface area contributed by atoms with E-state index in [0.717, 1.165) is 18.7 Å². The second kappa shape index (κ2) is 3.11. The lowest BCUT2D eigenvalue weighted by atomic mass is 10.0. The van der Waals surface area contributed by atoms with E-state index in [2.05, 4.69) is 12.2 Å². The first-order valence-corrected chi connectivity index (χ1v) is 4.62. The Hall–Kier alpha value is -0.470. The Kier molecular flexibility index (Phi) is 2.11. The quantitative estimate of drug-likeness (QED) is 0.727. The molecule has 66 valence electrons. The Bertz CT molecular complexity index is 271. The lowest BCUT2D eigenvalue weighted by Crippen LogP contribution is -2.16. The van der Waals surface area contributed by atoms with Gasteiger partial charge >= 0.3 is 0 Å². The molecule has 2 heterocycles. The molecule has 0 aromatic carbocycles. The van der Waals surface area contributed by atoms with Crippen molar-refractivity contribution in [1.29, 1.82) is 0 Å². The molecule has 2 nitrogen and oxygen atoms in total. The SMILES string of the molecule is CC1CC(c2ccc(Cl)o2)CN1. The first kappa shape index (κ1) is 8.14. The highest BCUT2D eigenvalue weighted by atomic mass is 35.5. The molecule has 2 unspecified atom stereocenters. The summed E-state index contributed by atoms with van der Waals surface area (Å²) in [5.74, 6) is 1.52. The van der Waals surface area contributed by atoms with Gasteiger partial charge in [-0.2, -0.15) is 0 Å². The summed E-state index contributed by atoms with van der Waals surface area (Å²) in [5.41, 5.74) is 0. The van der Waals surface area contributed by atoms with Crippen molar-refractivity contribution in [2.75, 3.05) is 6.54 Å². The van der Waals surface area contributed by atoms with Crippen LogP contribution in [0.4, 0.5) is 0 Å². The van der Waals surface area contributed by atoms with Crippen molar-refractivity contribution in [3.63, 3.8) is 0 Å². The molecule has 1 N–H and O–H groups in total. The largest absolute Gasteiger partial charge is 0.449 e. The molecule has 0 bridgehead atoms. The third-order valence-electron chi connectivity index (χ3n) is 2.35. The highest BCUT2D eigenvalue weighted by Crippen LogP contribution is 2.28. The molecule has 2 atom stereocenters. The van der Waals surface area contributed by atoms with E-state index >= 15 is 0 Å². The molecular weight excluding hydrogens is 174 g/mol. The lowest BCUT2D eigenvalue weighted by molar-refractivity contribution is 0.472. The molecule has 0 spiro atoms. The molecule has 1 aliphatic heterocycles. The van der Waals surface area contributed by atoms with E-state index in [-0.39, 0.29) is 0 Å². The van der Waals surface area contributed by atoms with Crippen LogP contribution in [0.3, 0.4) is 0 Å². The molecule has 0 aliphatic carbocycles. The van der Waals surface area contributed by atoms with Gasteiger partial charge < -0.3 is 9.73 Å². The van der Waals surface area contributed by atoms with Gasteiger partial charge in [-0.15, -0.1) is 0 Å². The van der Waals surface area contributed by atoms with Crippen LogP contribution in [0.1, 0.15) is 25.0 Å². The number of nitrogens with one attached hydrogen (secondary N) is 1. The van der Waals surface area contributed by atoms with E-state index in [1.807, 2.05) is 6.07 Å². The Morgan fingerprint density at radius 1 is 1.58 bits per heavy atom. The van der Waals surface area contributed by atoms with Crippen molar-refractivity contribution in [1.82, 2.24) is 5.32 Å². The van der Waals surface area contributed by atoms with Gasteiger partial charge in [0.05, 0.1) is 0 Å². The van der Waals surface area contributed by atoms with Crippen molar-refractivity contribution in [3.8, 4) is 0 Å². The van der Waals surface area contributed by atoms with Gasteiger partial charge in [0.1, 0.15) is 5.76 Å². The maximum atomic E-state index is 5.69. The van der Waals surface area contributed by atoms with E-state index in [1.54, 1.807) is 6.07 Å². The third kappa shape index (κ3) is 1.50. The molecule has 1 saturated heterocycles. The average Bonchev–Trinajstić information content (AvgIpc) is 2.58. The molecule has 12 heavy (non-hydrogen) atoms. The van der Waals surface area contributed by atoms with Crippen LogP contribution in [-0.4, -0.2) is 12.6 Å². The van der Waals surface area contributed by atoms with Crippen LogP contribution in [0, 0.1) is 0 Å². The van der Waals surface area contributed by atoms with Gasteiger partial charge in [0.25, 0.3) is 0 Å². The number of furan rings is 1. The summed E-state index contributed by atoms with van der Waals surface area (Å²) in [6, 6.07) is 4.37. The molecule has 1 fully saturated rings. The zero-order chi connectivity index (χ0) is 8.55. The highest BCUT2D eigenvalue weighted by Gasteiger charge is 2.24. The molecule has 0 saturated carbocycles. The highest BCUT2D eigenvalue weighted by molar-refractivity contribution is 6.28. The third-order valence-corrected chi connectivity index (χ3v) is 2.55. The van der Waals surface area contributed by atoms with Gasteiger partial charge in [0.2, 0.25) is 0 Å². The van der Waals surface area contributed by atoms with Crippen LogP contribution < -0.4 is 5.32 Å². The van der Waals surface area contributed by atoms with Gasteiger partial charge in [-0.3, -0.25) is 0 Å². The zero-order valence-electron chi connectivity index (χ0n) is 7.01. The molecule has 0 amide bonds. The number of hydrogen-bond acceptors (Lipinski definition) is 2. The van der Waals surface area contributed by atoms with Crippen molar-refractivity contribution in [2.24, 2.45) is 0 Å². The topological polar surface area (TPSA) is 25.2 Å². The van der Waals surface area contributed by atoms with Crippen molar-refractivity contribution in [3.05, 3.63) is 23.1 Å². The second-order valence-electron chi connectivity index (χ2n) is 3.38. The van der Waals surface area contributed by atoms with E-state index in [9.17, 15) is 0 Å². The minimum Gasteiger partial charge on any atom is -0.449 e. The zero-order valence-corrected chi connectivity index (χ0v) is 7.77. The van der Waals surface area contributed by atoms with E-state index in [0.29, 0.717) is 17.2 Å². The molecule has 1 aromatic heterocycles. The van der Waals surface area contributed by atoms with Crippen LogP contribution in [0.25, 0.3) is 0 Å². The summed E-state index contributed by atoms with van der Waals surface area (Å²) in [4.78, 5) is 0. The van der Waals surface area contributed by atoms with E-state index in [4.69, 9.17) is 16.0 Å². The maximum absolute atomic E-state index is 5.69. The van der Waals surface area contributed by atoms with Crippen molar-refractivity contribution in [2.45, 2.75) is 25.3 Å². The Morgan fingerprint density at radius 3 is 2.92 bits per heavy atom. The van der Waals surface area contributed by atoms with E-state index in [1.165, 1.54) is 0 Å². The Morgan fingerprint density at radius 2 is 2.42 bits per heavy atom. The molecule has 0 radical (unpaired) electrons. The van der Waals surface area contributed by atoms with Crippen LogP contribution in [0.2, 0.25) is 5.22 Å². The van der Waals surface area contributed by atoms with Gasteiger partial charge in [-0.05, 0) is 37.1 Å². The minimum absolute atomic E-state index is 0.490. The lowest BCUT2D eigenvalue weighted by Gasteiger charge is -2.02. The van der Waals surface area contributed by atoms with E-state index < -0.39 is 0 Å². The summed E-state index contributed by atoms with van der Waals surface area (Å²) in [7, 11) is 0. The van der Waals surface area contributed by atoms with Crippen LogP contribution in [0.15, 0.2) is 16.5 Å². The van der Waals surface area contributed by atoms with Crippen molar-refractivity contribution >= 4 is 11.6 Å². The van der Waals surface area contributed by atoms with Gasteiger partial charge in [0.15, 0.2) is 5.22 Å². The predicted octanol–water partition coefficient (Wildman–Crippen LogP) is 2.40. The first-order chi connectivity index (χ1) is 5.75. The summed E-state index contributed by atoms with van der Waals surface area (Å²) in [6.07, 6.45) is 1.14. The average molecular weight is 186 g/mol. The molecule has 3 heteroatoms. The van der Waals surface area contributed by atoms with Gasteiger partial charge in [-0.25, -0.2) is 0 Å². The normalized spacial score (nSPS) is 29.5. The van der Waals surface area contributed by atoms with Gasteiger partial charge in [-0.1, -0.05) is 0 Å². The van der Waals surface area contributed by atoms with Crippen LogP contribution in [-0.2, 0) is 0 Å². The smallest absolute Gasteiger partial charge is 0.193 e. The standard InChI is InChI=1S/C9H12ClNO/c1-6-4-7(5-11-6)8-2-3-9(10)12-8/h2-3,6-7,11H,4-5H2,1H3. The first-order valence-electron chi connectivity index (χ1n) is 4.24. The molecular formula is C9H12ClNO.